The molecule has 2 atom stereocenters. The van der Waals surface area contributed by atoms with Crippen molar-refractivity contribution in [1.29, 1.82) is 0 Å². The zero-order valence-corrected chi connectivity index (χ0v) is 11.2. The molecular formula is C13H23NO3. The first-order valence-electron chi connectivity index (χ1n) is 6.19. The van der Waals surface area contributed by atoms with Crippen LogP contribution in [0, 0.1) is 11.3 Å². The van der Waals surface area contributed by atoms with E-state index in [1.165, 1.54) is 0 Å². The number of hydrogen-bond donors (Lipinski definition) is 1. The van der Waals surface area contributed by atoms with Gasteiger partial charge in [0.2, 0.25) is 5.91 Å². The first kappa shape index (κ1) is 14.0. The molecule has 1 N–H and O–H groups in total. The zero-order valence-electron chi connectivity index (χ0n) is 11.2. The van der Waals surface area contributed by atoms with Gasteiger partial charge >= 0.3 is 5.97 Å². The molecular weight excluding hydrogens is 218 g/mol. The summed E-state index contributed by atoms with van der Waals surface area (Å²) in [5, 5.41) is 8.93. The second-order valence-corrected chi connectivity index (χ2v) is 6.24. The van der Waals surface area contributed by atoms with Gasteiger partial charge in [0.25, 0.3) is 0 Å². The molecule has 1 saturated carbocycles. The third-order valence-electron chi connectivity index (χ3n) is 3.38. The Kier molecular flexibility index (Phi) is 4.17. The van der Waals surface area contributed by atoms with Crippen LogP contribution in [0.2, 0.25) is 0 Å². The molecule has 0 aromatic rings. The van der Waals surface area contributed by atoms with Crippen LogP contribution in [-0.4, -0.2) is 35.0 Å². The summed E-state index contributed by atoms with van der Waals surface area (Å²) in [4.78, 5) is 24.6. The van der Waals surface area contributed by atoms with Crippen molar-refractivity contribution in [3.63, 3.8) is 0 Å². The molecule has 17 heavy (non-hydrogen) atoms. The summed E-state index contributed by atoms with van der Waals surface area (Å²) in [5.41, 5.74) is -0.0177. The molecule has 0 saturated heterocycles. The summed E-state index contributed by atoms with van der Waals surface area (Å²) < 4.78 is 0. The van der Waals surface area contributed by atoms with Crippen molar-refractivity contribution >= 4 is 11.9 Å². The van der Waals surface area contributed by atoms with Crippen molar-refractivity contribution in [1.82, 2.24) is 4.90 Å². The van der Waals surface area contributed by atoms with Crippen LogP contribution in [0.5, 0.6) is 0 Å². The second kappa shape index (κ2) is 5.07. The lowest BCUT2D eigenvalue weighted by molar-refractivity contribution is -0.142. The van der Waals surface area contributed by atoms with Gasteiger partial charge in [0.15, 0.2) is 0 Å². The van der Waals surface area contributed by atoms with Crippen LogP contribution >= 0.6 is 0 Å². The fourth-order valence-corrected chi connectivity index (χ4v) is 2.32. The summed E-state index contributed by atoms with van der Waals surface area (Å²) in [6, 6.07) is 0.103. The minimum absolute atomic E-state index is 0.0177. The van der Waals surface area contributed by atoms with Crippen LogP contribution in [0.1, 0.15) is 46.5 Å². The van der Waals surface area contributed by atoms with Crippen molar-refractivity contribution < 1.29 is 14.7 Å². The molecule has 1 amide bonds. The molecule has 1 aliphatic carbocycles. The van der Waals surface area contributed by atoms with Crippen molar-refractivity contribution in [2.75, 3.05) is 7.05 Å². The Balaban J connectivity index is 2.52. The lowest BCUT2D eigenvalue weighted by atomic mass is 9.91. The molecule has 0 heterocycles. The van der Waals surface area contributed by atoms with Crippen molar-refractivity contribution in [3.8, 4) is 0 Å². The number of rotatable bonds is 3. The molecule has 0 aromatic heterocycles. The number of carbonyl (C=O) groups excluding carboxylic acids is 1. The molecule has 98 valence electrons. The monoisotopic (exact) mass is 241 g/mol. The average molecular weight is 241 g/mol. The number of carboxylic acids is 1. The van der Waals surface area contributed by atoms with Gasteiger partial charge in [0.1, 0.15) is 0 Å². The Morgan fingerprint density at radius 2 is 1.88 bits per heavy atom. The Morgan fingerprint density at radius 3 is 2.29 bits per heavy atom. The number of hydrogen-bond acceptors (Lipinski definition) is 2. The molecule has 0 spiro atoms. The third-order valence-corrected chi connectivity index (χ3v) is 3.38. The fourth-order valence-electron chi connectivity index (χ4n) is 2.32. The Morgan fingerprint density at radius 1 is 1.29 bits per heavy atom. The van der Waals surface area contributed by atoms with Crippen LogP contribution in [-0.2, 0) is 9.59 Å². The molecule has 0 bridgehead atoms. The van der Waals surface area contributed by atoms with Gasteiger partial charge in [-0.25, -0.2) is 0 Å². The molecule has 0 aromatic carbocycles. The predicted molar refractivity (Wildman–Crippen MR) is 65.6 cm³/mol. The lowest BCUT2D eigenvalue weighted by Crippen LogP contribution is -2.37. The number of nitrogens with zero attached hydrogens (tertiary/aromatic N) is 1. The maximum Gasteiger partial charge on any atom is 0.306 e. The summed E-state index contributed by atoms with van der Waals surface area (Å²) in [7, 11) is 1.79. The van der Waals surface area contributed by atoms with Crippen molar-refractivity contribution in [2.24, 2.45) is 11.3 Å². The van der Waals surface area contributed by atoms with E-state index in [1.807, 2.05) is 20.8 Å². The normalized spacial score (nSPS) is 24.7. The molecule has 0 aliphatic heterocycles. The summed E-state index contributed by atoms with van der Waals surface area (Å²) >= 11 is 0. The first-order chi connectivity index (χ1) is 7.70. The van der Waals surface area contributed by atoms with E-state index in [-0.39, 0.29) is 23.3 Å². The third kappa shape index (κ3) is 4.02. The van der Waals surface area contributed by atoms with Crippen LogP contribution in [0.4, 0.5) is 0 Å². The van der Waals surface area contributed by atoms with Crippen molar-refractivity contribution in [3.05, 3.63) is 0 Å². The van der Waals surface area contributed by atoms with Crippen LogP contribution < -0.4 is 0 Å². The van der Waals surface area contributed by atoms with Gasteiger partial charge in [-0.3, -0.25) is 9.59 Å². The molecule has 1 rings (SSSR count). The highest BCUT2D eigenvalue weighted by Crippen LogP contribution is 2.30. The average Bonchev–Trinajstić information content (AvgIpc) is 2.62. The van der Waals surface area contributed by atoms with Gasteiger partial charge in [-0.05, 0) is 24.7 Å². The van der Waals surface area contributed by atoms with Gasteiger partial charge in [0, 0.05) is 19.5 Å². The molecule has 4 heteroatoms. The maximum absolute atomic E-state index is 12.0. The summed E-state index contributed by atoms with van der Waals surface area (Å²) in [5.74, 6) is -0.886. The van der Waals surface area contributed by atoms with E-state index >= 15 is 0 Å². The van der Waals surface area contributed by atoms with Crippen molar-refractivity contribution in [2.45, 2.75) is 52.5 Å². The van der Waals surface area contributed by atoms with Gasteiger partial charge in [-0.1, -0.05) is 20.8 Å². The van der Waals surface area contributed by atoms with E-state index in [0.717, 1.165) is 6.42 Å². The van der Waals surface area contributed by atoms with Crippen LogP contribution in [0.3, 0.4) is 0 Å². The van der Waals surface area contributed by atoms with E-state index in [4.69, 9.17) is 5.11 Å². The minimum atomic E-state index is -0.732. The molecule has 1 aliphatic rings. The van der Waals surface area contributed by atoms with E-state index in [9.17, 15) is 9.59 Å². The van der Waals surface area contributed by atoms with Gasteiger partial charge in [-0.15, -0.1) is 0 Å². The van der Waals surface area contributed by atoms with E-state index in [0.29, 0.717) is 19.3 Å². The Bertz CT molecular complexity index is 306. The molecule has 1 fully saturated rings. The standard InChI is InChI=1S/C13H23NO3/c1-13(2,3)8-11(15)14(4)10-6-5-9(7-10)12(16)17/h9-10H,5-8H2,1-4H3,(H,16,17). The van der Waals surface area contributed by atoms with E-state index in [1.54, 1.807) is 11.9 Å². The SMILES string of the molecule is CN(C(=O)CC(C)(C)C)C1CCC(C(=O)O)C1. The number of amides is 1. The number of aliphatic carboxylic acids is 1. The summed E-state index contributed by atoms with van der Waals surface area (Å²) in [6.07, 6.45) is 2.61. The van der Waals surface area contributed by atoms with Crippen LogP contribution in [0.25, 0.3) is 0 Å². The highest BCUT2D eigenvalue weighted by molar-refractivity contribution is 5.77. The minimum Gasteiger partial charge on any atom is -0.481 e. The number of carbonyl (C=O) groups is 2. The smallest absolute Gasteiger partial charge is 0.306 e. The topological polar surface area (TPSA) is 57.6 Å². The molecule has 4 nitrogen and oxygen atoms in total. The van der Waals surface area contributed by atoms with Crippen LogP contribution in [0.15, 0.2) is 0 Å². The number of carboxylic acid groups (broad SMARTS) is 1. The first-order valence-corrected chi connectivity index (χ1v) is 6.19. The predicted octanol–water partition coefficient (Wildman–Crippen LogP) is 2.13. The maximum atomic E-state index is 12.0. The van der Waals surface area contributed by atoms with E-state index < -0.39 is 5.97 Å². The molecule has 0 radical (unpaired) electrons. The second-order valence-electron chi connectivity index (χ2n) is 6.24. The zero-order chi connectivity index (χ0) is 13.2. The summed E-state index contributed by atoms with van der Waals surface area (Å²) in [6.45, 7) is 6.11. The Hall–Kier alpha value is -1.06. The Labute approximate surface area is 103 Å². The van der Waals surface area contributed by atoms with Gasteiger partial charge in [-0.2, -0.15) is 0 Å². The van der Waals surface area contributed by atoms with E-state index in [2.05, 4.69) is 0 Å². The lowest BCUT2D eigenvalue weighted by Gasteiger charge is -2.28. The van der Waals surface area contributed by atoms with Gasteiger partial charge in [0.05, 0.1) is 5.92 Å². The quantitative estimate of drug-likeness (QED) is 0.823. The highest BCUT2D eigenvalue weighted by atomic mass is 16.4. The van der Waals surface area contributed by atoms with Gasteiger partial charge < -0.3 is 10.0 Å². The molecule has 2 unspecified atom stereocenters. The highest BCUT2D eigenvalue weighted by Gasteiger charge is 2.34. The fraction of sp³-hybridized carbons (Fsp3) is 0.846. The largest absolute Gasteiger partial charge is 0.481 e.